The van der Waals surface area contributed by atoms with Crippen LogP contribution in [0.1, 0.15) is 82.6 Å². The van der Waals surface area contributed by atoms with Crippen LogP contribution in [0.4, 0.5) is 4.39 Å². The zero-order valence-electron chi connectivity index (χ0n) is 18.4. The third-order valence-electron chi connectivity index (χ3n) is 7.65. The molecular formula is C25H33FN2O3. The van der Waals surface area contributed by atoms with Gasteiger partial charge in [-0.3, -0.25) is 19.3 Å². The van der Waals surface area contributed by atoms with Gasteiger partial charge in [0.25, 0.3) is 0 Å². The first-order valence-corrected chi connectivity index (χ1v) is 11.8. The zero-order valence-corrected chi connectivity index (χ0v) is 18.4. The Morgan fingerprint density at radius 3 is 2.29 bits per heavy atom. The van der Waals surface area contributed by atoms with Crippen molar-refractivity contribution in [2.24, 2.45) is 0 Å². The molecule has 0 bridgehead atoms. The first-order chi connectivity index (χ1) is 14.9. The molecule has 1 aromatic rings. The second-order valence-electron chi connectivity index (χ2n) is 9.57. The minimum Gasteiger partial charge on any atom is -0.343 e. The molecule has 1 aliphatic heterocycles. The summed E-state index contributed by atoms with van der Waals surface area (Å²) in [5, 5.41) is 0. The minimum atomic E-state index is -1.44. The van der Waals surface area contributed by atoms with Crippen LogP contribution < -0.4 is 0 Å². The Kier molecular flexibility index (Phi) is 6.44. The second kappa shape index (κ2) is 9.09. The summed E-state index contributed by atoms with van der Waals surface area (Å²) in [6, 6.07) is 6.15. The van der Waals surface area contributed by atoms with Crippen LogP contribution in [0.2, 0.25) is 0 Å². The highest BCUT2D eigenvalue weighted by Gasteiger charge is 2.56. The van der Waals surface area contributed by atoms with Crippen molar-refractivity contribution in [3.63, 3.8) is 0 Å². The predicted molar refractivity (Wildman–Crippen MR) is 116 cm³/mol. The van der Waals surface area contributed by atoms with E-state index in [4.69, 9.17) is 0 Å². The number of halogens is 1. The molecule has 1 saturated heterocycles. The van der Waals surface area contributed by atoms with Crippen molar-refractivity contribution < 1.29 is 18.8 Å². The van der Waals surface area contributed by atoms with Gasteiger partial charge in [-0.25, -0.2) is 4.39 Å². The summed E-state index contributed by atoms with van der Waals surface area (Å²) >= 11 is 0. The number of imide groups is 1. The molecule has 4 rings (SSSR count). The number of amides is 3. The SMILES string of the molecule is CN(C(=O)CC1(c2ccccc2F)CC(=O)N(C2CCCCC2)C1=O)C1CCCCC1. The van der Waals surface area contributed by atoms with Gasteiger partial charge in [0.15, 0.2) is 0 Å². The maximum atomic E-state index is 15.0. The van der Waals surface area contributed by atoms with Crippen molar-refractivity contribution in [3.8, 4) is 0 Å². The molecule has 168 valence electrons. The summed E-state index contributed by atoms with van der Waals surface area (Å²) < 4.78 is 15.0. The normalized spacial score (nSPS) is 25.8. The summed E-state index contributed by atoms with van der Waals surface area (Å²) in [4.78, 5) is 43.3. The summed E-state index contributed by atoms with van der Waals surface area (Å²) in [5.74, 6) is -1.36. The lowest BCUT2D eigenvalue weighted by atomic mass is 9.75. The largest absolute Gasteiger partial charge is 0.343 e. The van der Waals surface area contributed by atoms with Gasteiger partial charge < -0.3 is 4.90 Å². The molecule has 2 saturated carbocycles. The van der Waals surface area contributed by atoms with Gasteiger partial charge in [0.05, 0.1) is 5.41 Å². The van der Waals surface area contributed by atoms with E-state index in [-0.39, 0.29) is 48.2 Å². The number of hydrogen-bond acceptors (Lipinski definition) is 3. The molecule has 0 radical (unpaired) electrons. The van der Waals surface area contributed by atoms with Gasteiger partial charge in [-0.15, -0.1) is 0 Å². The number of rotatable bonds is 5. The molecule has 3 amide bonds. The van der Waals surface area contributed by atoms with E-state index in [2.05, 4.69) is 0 Å². The van der Waals surface area contributed by atoms with E-state index in [0.717, 1.165) is 57.8 Å². The highest BCUT2D eigenvalue weighted by atomic mass is 19.1. The fourth-order valence-corrected chi connectivity index (χ4v) is 5.82. The molecule has 1 heterocycles. The maximum Gasteiger partial charge on any atom is 0.241 e. The summed E-state index contributed by atoms with van der Waals surface area (Å²) in [7, 11) is 1.79. The molecule has 3 aliphatic rings. The van der Waals surface area contributed by atoms with Crippen LogP contribution in [0.15, 0.2) is 24.3 Å². The van der Waals surface area contributed by atoms with E-state index in [1.807, 2.05) is 0 Å². The molecule has 0 N–H and O–H groups in total. The van der Waals surface area contributed by atoms with Crippen LogP contribution in [0, 0.1) is 5.82 Å². The van der Waals surface area contributed by atoms with E-state index in [0.29, 0.717) is 0 Å². The minimum absolute atomic E-state index is 0.131. The van der Waals surface area contributed by atoms with Gasteiger partial charge in [0.2, 0.25) is 17.7 Å². The standard InChI is InChI=1S/C25H33FN2O3/c1-27(18-10-4-2-5-11-18)22(29)16-25(20-14-8-9-15-21(20)26)17-23(30)28(24(25)31)19-12-6-3-7-13-19/h8-9,14-15,18-19H,2-7,10-13,16-17H2,1H3. The van der Waals surface area contributed by atoms with Gasteiger partial charge in [-0.2, -0.15) is 0 Å². The Morgan fingerprint density at radius 1 is 1.03 bits per heavy atom. The summed E-state index contributed by atoms with van der Waals surface area (Å²) in [6.45, 7) is 0. The van der Waals surface area contributed by atoms with Crippen LogP contribution in [0.5, 0.6) is 0 Å². The number of carbonyl (C=O) groups excluding carboxylic acids is 3. The third-order valence-corrected chi connectivity index (χ3v) is 7.65. The maximum absolute atomic E-state index is 15.0. The fraction of sp³-hybridized carbons (Fsp3) is 0.640. The molecule has 0 aromatic heterocycles. The summed E-state index contributed by atoms with van der Waals surface area (Å²) in [5.41, 5.74) is -1.27. The quantitative estimate of drug-likeness (QED) is 0.656. The van der Waals surface area contributed by atoms with Gasteiger partial charge in [0.1, 0.15) is 5.82 Å². The molecule has 1 aromatic carbocycles. The van der Waals surface area contributed by atoms with Crippen molar-refractivity contribution in [3.05, 3.63) is 35.6 Å². The smallest absolute Gasteiger partial charge is 0.241 e. The highest BCUT2D eigenvalue weighted by molar-refractivity contribution is 6.11. The van der Waals surface area contributed by atoms with Gasteiger partial charge in [-0.05, 0) is 31.7 Å². The van der Waals surface area contributed by atoms with Crippen molar-refractivity contribution in [2.75, 3.05) is 7.05 Å². The van der Waals surface area contributed by atoms with Crippen molar-refractivity contribution in [1.82, 2.24) is 9.80 Å². The number of benzene rings is 1. The highest BCUT2D eigenvalue weighted by Crippen LogP contribution is 2.44. The van der Waals surface area contributed by atoms with E-state index in [1.165, 1.54) is 17.4 Å². The fourth-order valence-electron chi connectivity index (χ4n) is 5.82. The summed E-state index contributed by atoms with van der Waals surface area (Å²) in [6.07, 6.45) is 9.64. The van der Waals surface area contributed by atoms with E-state index < -0.39 is 11.2 Å². The monoisotopic (exact) mass is 428 g/mol. The third kappa shape index (κ3) is 4.13. The molecule has 1 unspecified atom stereocenters. The van der Waals surface area contributed by atoms with Gasteiger partial charge in [0, 0.05) is 37.5 Å². The lowest BCUT2D eigenvalue weighted by Crippen LogP contribution is -2.48. The van der Waals surface area contributed by atoms with Crippen LogP contribution in [0.3, 0.4) is 0 Å². The number of hydrogen-bond donors (Lipinski definition) is 0. The van der Waals surface area contributed by atoms with Crippen molar-refractivity contribution >= 4 is 17.7 Å². The number of carbonyl (C=O) groups is 3. The first kappa shape index (κ1) is 22.0. The molecule has 2 aliphatic carbocycles. The zero-order chi connectivity index (χ0) is 22.0. The molecule has 5 nitrogen and oxygen atoms in total. The Balaban J connectivity index is 1.66. The van der Waals surface area contributed by atoms with Gasteiger partial charge in [-0.1, -0.05) is 56.7 Å². The van der Waals surface area contributed by atoms with Crippen molar-refractivity contribution in [1.29, 1.82) is 0 Å². The lowest BCUT2D eigenvalue weighted by molar-refractivity contribution is -0.145. The number of nitrogens with zero attached hydrogens (tertiary/aromatic N) is 2. The Hall–Kier alpha value is -2.24. The Labute approximate surface area is 184 Å². The Bertz CT molecular complexity index is 845. The van der Waals surface area contributed by atoms with E-state index in [1.54, 1.807) is 30.1 Å². The molecule has 6 heteroatoms. The predicted octanol–water partition coefficient (Wildman–Crippen LogP) is 4.34. The second-order valence-corrected chi connectivity index (χ2v) is 9.57. The number of likely N-dealkylation sites (tertiary alicyclic amines) is 1. The molecule has 3 fully saturated rings. The molecule has 1 atom stereocenters. The van der Waals surface area contributed by atoms with E-state index in [9.17, 15) is 18.8 Å². The van der Waals surface area contributed by atoms with E-state index >= 15 is 0 Å². The van der Waals surface area contributed by atoms with Crippen LogP contribution in [-0.2, 0) is 19.8 Å². The Morgan fingerprint density at radius 2 is 1.65 bits per heavy atom. The van der Waals surface area contributed by atoms with Crippen LogP contribution >= 0.6 is 0 Å². The first-order valence-electron chi connectivity index (χ1n) is 11.8. The van der Waals surface area contributed by atoms with Crippen LogP contribution in [-0.4, -0.2) is 46.7 Å². The molecular weight excluding hydrogens is 395 g/mol. The molecule has 31 heavy (non-hydrogen) atoms. The lowest BCUT2D eigenvalue weighted by Gasteiger charge is -2.35. The van der Waals surface area contributed by atoms with Crippen LogP contribution in [0.25, 0.3) is 0 Å². The van der Waals surface area contributed by atoms with Crippen molar-refractivity contribution in [2.45, 2.75) is 94.5 Å². The molecule has 0 spiro atoms. The average Bonchev–Trinajstić information content (AvgIpc) is 3.04. The van der Waals surface area contributed by atoms with Gasteiger partial charge >= 0.3 is 0 Å². The topological polar surface area (TPSA) is 57.7 Å². The average molecular weight is 429 g/mol.